The zero-order valence-corrected chi connectivity index (χ0v) is 14.4. The summed E-state index contributed by atoms with van der Waals surface area (Å²) in [5, 5.41) is 2.17. The molecular weight excluding hydrogens is 335 g/mol. The lowest BCUT2D eigenvalue weighted by Gasteiger charge is -2.14. The number of aromatic nitrogens is 1. The molecule has 1 heterocycles. The maximum Gasteiger partial charge on any atom is 0.417 e. The highest BCUT2D eigenvalue weighted by molar-refractivity contribution is 5.97. The normalized spacial score (nSPS) is 12.0. The van der Waals surface area contributed by atoms with E-state index < -0.39 is 11.7 Å². The molecule has 4 aromatic rings. The minimum atomic E-state index is -4.42. The highest BCUT2D eigenvalue weighted by atomic mass is 19.4. The first kappa shape index (κ1) is 16.6. The molecule has 0 saturated carbocycles. The van der Waals surface area contributed by atoms with E-state index in [4.69, 9.17) is 0 Å². The van der Waals surface area contributed by atoms with Gasteiger partial charge in [-0.15, -0.1) is 0 Å². The summed E-state index contributed by atoms with van der Waals surface area (Å²) in [6.45, 7) is 1.93. The predicted molar refractivity (Wildman–Crippen MR) is 97.8 cm³/mol. The molecule has 0 N–H and O–H groups in total. The number of fused-ring (bicyclic) bond motifs is 2. The number of alkyl halides is 3. The molecule has 0 amide bonds. The van der Waals surface area contributed by atoms with Crippen LogP contribution in [0, 0.1) is 6.92 Å². The number of hydrogen-bond donors (Lipinski definition) is 0. The molecule has 0 saturated heterocycles. The highest BCUT2D eigenvalue weighted by Crippen LogP contribution is 2.38. The fraction of sp³-hybridized carbons (Fsp3) is 0.136. The number of nitrogens with zero attached hydrogens (tertiary/aromatic N) is 1. The predicted octanol–water partition coefficient (Wildman–Crippen LogP) is 5.81. The number of aryl methyl sites for hydroxylation is 2. The lowest BCUT2D eigenvalue weighted by molar-refractivity contribution is -0.633. The maximum absolute atomic E-state index is 13.8. The van der Waals surface area contributed by atoms with Gasteiger partial charge in [-0.25, -0.2) is 0 Å². The second-order valence-corrected chi connectivity index (χ2v) is 6.50. The monoisotopic (exact) mass is 352 g/mol. The molecule has 4 rings (SSSR count). The zero-order valence-electron chi connectivity index (χ0n) is 14.4. The number of rotatable bonds is 1. The van der Waals surface area contributed by atoms with E-state index in [0.717, 1.165) is 21.9 Å². The van der Waals surface area contributed by atoms with Crippen LogP contribution < -0.4 is 4.57 Å². The topological polar surface area (TPSA) is 3.88 Å². The number of halogens is 3. The number of benzene rings is 3. The molecule has 4 heteroatoms. The lowest BCUT2D eigenvalue weighted by atomic mass is 9.94. The van der Waals surface area contributed by atoms with E-state index in [1.54, 1.807) is 18.2 Å². The Morgan fingerprint density at radius 1 is 0.808 bits per heavy atom. The van der Waals surface area contributed by atoms with Crippen LogP contribution in [0.2, 0.25) is 0 Å². The molecule has 0 aliphatic heterocycles. The van der Waals surface area contributed by atoms with E-state index in [0.29, 0.717) is 11.2 Å². The number of pyridine rings is 1. The van der Waals surface area contributed by atoms with Crippen LogP contribution in [0.25, 0.3) is 32.9 Å². The van der Waals surface area contributed by atoms with E-state index in [9.17, 15) is 13.2 Å². The van der Waals surface area contributed by atoms with Crippen LogP contribution in [0.5, 0.6) is 0 Å². The Morgan fingerprint density at radius 3 is 2.19 bits per heavy atom. The Bertz CT molecular complexity index is 1140. The summed E-state index contributed by atoms with van der Waals surface area (Å²) in [4.78, 5) is 0. The molecule has 1 nitrogen and oxygen atoms in total. The standard InChI is InChI=1S/C22H17F3N/c1-14-11-12-15-7-3-4-8-16(15)21(14)20-13-18(22(23,24)25)17-9-5-6-10-19(17)26(20)2/h3-13H,1-2H3/q+1. The average molecular weight is 352 g/mol. The fourth-order valence-electron chi connectivity index (χ4n) is 3.63. The molecule has 26 heavy (non-hydrogen) atoms. The third kappa shape index (κ3) is 2.53. The van der Waals surface area contributed by atoms with Gasteiger partial charge in [-0.3, -0.25) is 0 Å². The number of para-hydroxylation sites is 1. The van der Waals surface area contributed by atoms with Crippen molar-refractivity contribution in [1.29, 1.82) is 0 Å². The SMILES string of the molecule is Cc1ccc2ccccc2c1-c1cc(C(F)(F)F)c2ccccc2[n+]1C. The first-order chi connectivity index (χ1) is 12.4. The molecule has 1 aromatic heterocycles. The molecule has 0 bridgehead atoms. The van der Waals surface area contributed by atoms with E-state index in [2.05, 4.69) is 0 Å². The van der Waals surface area contributed by atoms with Crippen LogP contribution in [0.4, 0.5) is 13.2 Å². The minimum absolute atomic E-state index is 0.212. The summed E-state index contributed by atoms with van der Waals surface area (Å²) in [5.74, 6) is 0. The van der Waals surface area contributed by atoms with Gasteiger partial charge in [-0.2, -0.15) is 17.7 Å². The van der Waals surface area contributed by atoms with Gasteiger partial charge in [-0.05, 0) is 29.3 Å². The molecule has 130 valence electrons. The Hall–Kier alpha value is -2.88. The van der Waals surface area contributed by atoms with Crippen molar-refractivity contribution in [3.05, 3.63) is 77.9 Å². The Labute approximate surface area is 149 Å². The molecule has 0 aliphatic carbocycles. The van der Waals surface area contributed by atoms with Crippen molar-refractivity contribution in [2.75, 3.05) is 0 Å². The Morgan fingerprint density at radius 2 is 1.46 bits per heavy atom. The van der Waals surface area contributed by atoms with Crippen molar-refractivity contribution in [3.63, 3.8) is 0 Å². The van der Waals surface area contributed by atoms with Gasteiger partial charge >= 0.3 is 6.18 Å². The van der Waals surface area contributed by atoms with Gasteiger partial charge in [0.15, 0.2) is 0 Å². The Balaban J connectivity index is 2.18. The maximum atomic E-state index is 13.8. The summed E-state index contributed by atoms with van der Waals surface area (Å²) in [6.07, 6.45) is -4.42. The second kappa shape index (κ2) is 5.84. The first-order valence-electron chi connectivity index (χ1n) is 8.35. The lowest BCUT2D eigenvalue weighted by Crippen LogP contribution is -2.33. The molecule has 0 unspecified atom stereocenters. The molecule has 0 atom stereocenters. The highest BCUT2D eigenvalue weighted by Gasteiger charge is 2.36. The molecular formula is C22H17F3N+. The molecule has 0 radical (unpaired) electrons. The first-order valence-corrected chi connectivity index (χ1v) is 8.35. The quantitative estimate of drug-likeness (QED) is 0.381. The van der Waals surface area contributed by atoms with Crippen LogP contribution in [-0.4, -0.2) is 0 Å². The van der Waals surface area contributed by atoms with Gasteiger partial charge in [0.25, 0.3) is 0 Å². The molecule has 3 aromatic carbocycles. The van der Waals surface area contributed by atoms with E-state index in [1.807, 2.05) is 54.9 Å². The van der Waals surface area contributed by atoms with E-state index in [1.165, 1.54) is 12.1 Å². The van der Waals surface area contributed by atoms with Crippen molar-refractivity contribution < 1.29 is 17.7 Å². The second-order valence-electron chi connectivity index (χ2n) is 6.50. The average Bonchev–Trinajstić information content (AvgIpc) is 2.62. The fourth-order valence-corrected chi connectivity index (χ4v) is 3.63. The van der Waals surface area contributed by atoms with Crippen molar-refractivity contribution >= 4 is 21.7 Å². The third-order valence-corrected chi connectivity index (χ3v) is 4.90. The van der Waals surface area contributed by atoms with Gasteiger partial charge in [0.2, 0.25) is 11.2 Å². The van der Waals surface area contributed by atoms with Gasteiger partial charge in [0.1, 0.15) is 7.05 Å². The number of hydrogen-bond acceptors (Lipinski definition) is 0. The summed E-state index contributed by atoms with van der Waals surface area (Å²) < 4.78 is 43.1. The van der Waals surface area contributed by atoms with Crippen LogP contribution in [0.3, 0.4) is 0 Å². The van der Waals surface area contributed by atoms with Gasteiger partial charge in [0, 0.05) is 12.1 Å². The molecule has 0 aliphatic rings. The van der Waals surface area contributed by atoms with Crippen LogP contribution in [-0.2, 0) is 13.2 Å². The summed E-state index contributed by atoms with van der Waals surface area (Å²) >= 11 is 0. The van der Waals surface area contributed by atoms with Gasteiger partial charge < -0.3 is 0 Å². The van der Waals surface area contributed by atoms with Crippen molar-refractivity contribution in [1.82, 2.24) is 0 Å². The van der Waals surface area contributed by atoms with E-state index >= 15 is 0 Å². The Kier molecular flexibility index (Phi) is 3.72. The third-order valence-electron chi connectivity index (χ3n) is 4.90. The summed E-state index contributed by atoms with van der Waals surface area (Å²) in [5.41, 5.74) is 2.30. The molecule has 0 spiro atoms. The van der Waals surface area contributed by atoms with E-state index in [-0.39, 0.29) is 5.39 Å². The van der Waals surface area contributed by atoms with Crippen molar-refractivity contribution in [2.45, 2.75) is 13.1 Å². The summed E-state index contributed by atoms with van der Waals surface area (Å²) in [7, 11) is 1.82. The van der Waals surface area contributed by atoms with Crippen LogP contribution >= 0.6 is 0 Å². The van der Waals surface area contributed by atoms with Crippen molar-refractivity contribution in [2.24, 2.45) is 7.05 Å². The zero-order chi connectivity index (χ0) is 18.5. The minimum Gasteiger partial charge on any atom is -0.194 e. The smallest absolute Gasteiger partial charge is 0.194 e. The molecule has 0 fully saturated rings. The van der Waals surface area contributed by atoms with Gasteiger partial charge in [-0.1, -0.05) is 48.5 Å². The largest absolute Gasteiger partial charge is 0.417 e. The van der Waals surface area contributed by atoms with Crippen LogP contribution in [0.15, 0.2) is 66.7 Å². The van der Waals surface area contributed by atoms with Crippen molar-refractivity contribution in [3.8, 4) is 11.3 Å². The summed E-state index contributed by atoms with van der Waals surface area (Å²) in [6, 6.07) is 19.7. The van der Waals surface area contributed by atoms with Gasteiger partial charge in [0.05, 0.1) is 16.5 Å². The van der Waals surface area contributed by atoms with Crippen LogP contribution in [0.1, 0.15) is 11.1 Å².